The molecule has 40 nitrogen and oxygen atoms in total. The Morgan fingerprint density at radius 2 is 1.00 bits per heavy atom. The van der Waals surface area contributed by atoms with Crippen LogP contribution < -0.4 is 16.4 Å². The minimum atomic E-state index is -5.60. The topological polar surface area (TPSA) is 640 Å². The average Bonchev–Trinajstić information content (AvgIpc) is 0.756. The lowest BCUT2D eigenvalue weighted by atomic mass is 9.88. The van der Waals surface area contributed by atoms with Crippen molar-refractivity contribution in [1.29, 1.82) is 0 Å². The standard InChI is InChI=1S/C78H141N3O37S/c1-5-7-9-11-13-15-17-19-20-22-24-26-28-30-32-34-53(90)81-45(46(87)33-31-29-27-25-23-21-18-16-14-12-10-8-6-2)35-36-106-73-63(98)61(96)66(51(41-85)111-73)113-75-64(99)70(58(93)49(39-83)109-75)116-72-55(80-44(4)86)69(115-74-62(97)60(95)56(91)43(3)108-74)67(52(112-72)42-107-119(103,104)105)114-76-65(100)71(59(94)50(40-84)110-76)118-78(77(101)102)37-47(88)54(79)68(117-78)57(92)48(89)38-82/h31,33,43,45-52,54-76,82-85,87-89,91-100H,5-30,32,34-42,79H2,1-4H3,(H,80,86)(H,81,90)(H,101,102)(H,103,104,105)/b33-31+/t43-,45-,46+,47-,48+,49+,50+,51-,52+,54+,55+,56+,57?,58-,59-,60+,61-,62-,63-,64+,65+,66-,67-,68+,69+,70-,71+,72-,73-,74-,75-,76-,78-/m0/s1. The van der Waals surface area contributed by atoms with E-state index in [0.29, 0.717) is 12.8 Å². The number of allylic oxidation sites excluding steroid dienone is 1. The van der Waals surface area contributed by atoms with Gasteiger partial charge in [-0.05, 0) is 32.6 Å². The van der Waals surface area contributed by atoms with E-state index in [1.165, 1.54) is 116 Å². The summed E-state index contributed by atoms with van der Waals surface area (Å²) in [6.45, 7) is 0.190. The van der Waals surface area contributed by atoms with Crippen molar-refractivity contribution in [3.8, 4) is 0 Å². The number of carboxylic acid groups (broad SMARTS) is 1. The second kappa shape index (κ2) is 53.5. The van der Waals surface area contributed by atoms with Crippen LogP contribution >= 0.6 is 0 Å². The molecule has 0 aromatic heterocycles. The Bertz CT molecular complexity index is 2980. The van der Waals surface area contributed by atoms with Crippen LogP contribution in [0.3, 0.4) is 0 Å². The molecule has 41 heteroatoms. The lowest BCUT2D eigenvalue weighted by Crippen LogP contribution is -2.72. The summed E-state index contributed by atoms with van der Waals surface area (Å²) in [7, 11) is -5.60. The first kappa shape index (κ1) is 105. The molecule has 0 saturated carbocycles. The van der Waals surface area contributed by atoms with Gasteiger partial charge in [0.05, 0.1) is 70.0 Å². The molecule has 0 aliphatic carbocycles. The molecule has 0 radical (unpaired) electrons. The number of unbranched alkanes of at least 4 members (excludes halogenated alkanes) is 25. The van der Waals surface area contributed by atoms with Crippen molar-refractivity contribution in [2.75, 3.05) is 39.6 Å². The highest BCUT2D eigenvalue weighted by molar-refractivity contribution is 7.80. The molecule has 6 heterocycles. The molecule has 6 rings (SSSR count). The van der Waals surface area contributed by atoms with Gasteiger partial charge in [0.25, 0.3) is 5.79 Å². The van der Waals surface area contributed by atoms with Crippen molar-refractivity contribution in [3.63, 3.8) is 0 Å². The maximum absolute atomic E-state index is 13.5. The predicted molar refractivity (Wildman–Crippen MR) is 415 cm³/mol. The predicted octanol–water partition coefficient (Wildman–Crippen LogP) is -2.15. The molecule has 0 aromatic carbocycles. The summed E-state index contributed by atoms with van der Waals surface area (Å²) in [6.07, 6.45) is -27.9. The Morgan fingerprint density at radius 1 is 0.538 bits per heavy atom. The van der Waals surface area contributed by atoms with Crippen LogP contribution in [-0.2, 0) is 85.8 Å². The number of nitrogens with two attached hydrogens (primary N) is 1. The number of ether oxygens (including phenoxy) is 12. The molecule has 696 valence electrons. The van der Waals surface area contributed by atoms with Crippen LogP contribution in [-0.4, -0.2) is 364 Å². The monoisotopic (exact) mass is 1740 g/mol. The highest BCUT2D eigenvalue weighted by Gasteiger charge is 2.62. The van der Waals surface area contributed by atoms with E-state index in [9.17, 15) is 119 Å². The van der Waals surface area contributed by atoms with Crippen molar-refractivity contribution in [3.05, 3.63) is 12.2 Å². The summed E-state index contributed by atoms with van der Waals surface area (Å²) in [5.74, 6) is -6.75. The highest BCUT2D eigenvalue weighted by atomic mass is 32.3. The SMILES string of the molecule is CCCCCCCCCCCCC/C=C/[C@@H](O)[C@H](CCO[C@H]1O[C@@H](CO)[C@H](O[C@@H]2O[C@H](CO)[C@H](O)[C@H](O[C@@H]3O[C@H](COS(=O)(=O)O)[C@H](O[C@@H]4O[C@H](CO)[C@H](O)[C@@H](O[C@]5(C(=O)O)C[C@H](O)[C@@H](N)[C@H](C(O)[C@H](O)CO)O5)[C@H]4O)[C@H](O[C@@H]4O[C@@H](C)[C@@H](O)[C@@H](O)[C@@H]4O)[C@H]3NC(C)=O)[C@H]2O)[C@@H](O)[C@@H]1O)NC(=O)CCCCCCCCCCCCCCCCC. The Kier molecular flexibility index (Phi) is 47.0. The molecule has 33 atom stereocenters. The van der Waals surface area contributed by atoms with Gasteiger partial charge in [0, 0.05) is 19.8 Å². The maximum Gasteiger partial charge on any atom is 0.397 e. The maximum atomic E-state index is 13.5. The molecule has 6 saturated heterocycles. The summed E-state index contributed by atoms with van der Waals surface area (Å²) in [4.78, 5) is 40.3. The van der Waals surface area contributed by atoms with Crippen LogP contribution in [0.4, 0.5) is 0 Å². The number of carboxylic acids is 1. The largest absolute Gasteiger partial charge is 0.477 e. The van der Waals surface area contributed by atoms with Crippen molar-refractivity contribution >= 4 is 28.2 Å². The minimum Gasteiger partial charge on any atom is -0.477 e. The fourth-order valence-electron chi connectivity index (χ4n) is 15.7. The summed E-state index contributed by atoms with van der Waals surface area (Å²) in [5.41, 5.74) is 6.04. The molecule has 2 amide bonds. The number of aliphatic hydroxyl groups excluding tert-OH is 17. The average molecular weight is 1750 g/mol. The molecule has 0 aromatic rings. The molecule has 6 fully saturated rings. The molecular weight excluding hydrogens is 1600 g/mol. The van der Waals surface area contributed by atoms with Gasteiger partial charge in [-0.25, -0.2) is 8.98 Å². The van der Waals surface area contributed by atoms with Gasteiger partial charge >= 0.3 is 16.4 Å². The van der Waals surface area contributed by atoms with Crippen molar-refractivity contribution in [2.24, 2.45) is 5.73 Å². The Morgan fingerprint density at radius 3 is 1.51 bits per heavy atom. The van der Waals surface area contributed by atoms with Crippen LogP contribution in [0.5, 0.6) is 0 Å². The Labute approximate surface area is 696 Å². The van der Waals surface area contributed by atoms with Crippen LogP contribution in [0.2, 0.25) is 0 Å². The number of aliphatic hydroxyl groups is 17. The van der Waals surface area contributed by atoms with E-state index in [2.05, 4.69) is 24.5 Å². The van der Waals surface area contributed by atoms with E-state index in [-0.39, 0.29) is 25.4 Å². The summed E-state index contributed by atoms with van der Waals surface area (Å²) < 4.78 is 111. The van der Waals surface area contributed by atoms with Gasteiger partial charge in [-0.3, -0.25) is 14.1 Å². The number of amides is 2. The molecule has 1 unspecified atom stereocenters. The zero-order valence-electron chi connectivity index (χ0n) is 68.9. The summed E-state index contributed by atoms with van der Waals surface area (Å²) >= 11 is 0. The number of rotatable bonds is 56. The molecule has 23 N–H and O–H groups in total. The fourth-order valence-corrected chi connectivity index (χ4v) is 16.0. The Balaban J connectivity index is 1.21. The van der Waals surface area contributed by atoms with Gasteiger partial charge in [0.2, 0.25) is 11.8 Å². The number of carbonyl (C=O) groups is 3. The molecule has 6 aliphatic rings. The lowest BCUT2D eigenvalue weighted by Gasteiger charge is -2.52. The van der Waals surface area contributed by atoms with Crippen molar-refractivity contribution in [1.82, 2.24) is 10.6 Å². The van der Waals surface area contributed by atoms with Crippen LogP contribution in [0.15, 0.2) is 12.2 Å². The molecule has 0 bridgehead atoms. The van der Waals surface area contributed by atoms with E-state index < -0.39 is 264 Å². The molecule has 6 aliphatic heterocycles. The Hall–Kier alpha value is -3.18. The number of aliphatic carboxylic acids is 1. The first-order valence-electron chi connectivity index (χ1n) is 42.7. The van der Waals surface area contributed by atoms with E-state index in [1.54, 1.807) is 6.08 Å². The number of hydrogen-bond acceptors (Lipinski definition) is 36. The molecular formula is C78H141N3O37S. The molecule has 0 spiro atoms. The normalized spacial score (nSPS) is 36.4. The van der Waals surface area contributed by atoms with Gasteiger partial charge in [-0.1, -0.05) is 180 Å². The highest BCUT2D eigenvalue weighted by Crippen LogP contribution is 2.41. The summed E-state index contributed by atoms with van der Waals surface area (Å²) in [5, 5.41) is 206. The van der Waals surface area contributed by atoms with Gasteiger partial charge in [-0.2, -0.15) is 8.42 Å². The summed E-state index contributed by atoms with van der Waals surface area (Å²) in [6, 6.07) is -4.74. The van der Waals surface area contributed by atoms with E-state index >= 15 is 0 Å². The zero-order chi connectivity index (χ0) is 87.7. The van der Waals surface area contributed by atoms with E-state index in [1.807, 2.05) is 6.08 Å². The van der Waals surface area contributed by atoms with E-state index in [4.69, 9.17) is 66.8 Å². The third kappa shape index (κ3) is 32.0. The van der Waals surface area contributed by atoms with E-state index in [0.717, 1.165) is 58.3 Å². The van der Waals surface area contributed by atoms with Crippen molar-refractivity contribution < 1.29 is 180 Å². The van der Waals surface area contributed by atoms with Crippen molar-refractivity contribution in [2.45, 2.75) is 422 Å². The van der Waals surface area contributed by atoms with Gasteiger partial charge in [0.1, 0.15) is 134 Å². The van der Waals surface area contributed by atoms with Crippen LogP contribution in [0, 0.1) is 0 Å². The van der Waals surface area contributed by atoms with Gasteiger partial charge in [-0.15, -0.1) is 0 Å². The van der Waals surface area contributed by atoms with Crippen LogP contribution in [0.25, 0.3) is 0 Å². The second-order valence-electron chi connectivity index (χ2n) is 32.3. The molecule has 119 heavy (non-hydrogen) atoms. The first-order chi connectivity index (χ1) is 56.7. The van der Waals surface area contributed by atoms with Gasteiger partial charge in [0.15, 0.2) is 31.5 Å². The van der Waals surface area contributed by atoms with Crippen LogP contribution in [0.1, 0.15) is 220 Å². The fraction of sp³-hybridized carbons (Fsp3) is 0.936. The minimum absolute atomic E-state index is 0.0447. The smallest absolute Gasteiger partial charge is 0.397 e. The second-order valence-corrected chi connectivity index (χ2v) is 33.4. The number of hydrogen-bond donors (Lipinski definition) is 22. The number of nitrogens with one attached hydrogen (secondary N) is 2. The third-order valence-electron chi connectivity index (χ3n) is 22.8. The lowest BCUT2D eigenvalue weighted by molar-refractivity contribution is -0.399. The number of carbonyl (C=O) groups excluding carboxylic acids is 2. The quantitative estimate of drug-likeness (QED) is 0.0175. The van der Waals surface area contributed by atoms with Gasteiger partial charge < -0.3 is 165 Å². The zero-order valence-corrected chi connectivity index (χ0v) is 69.7. The third-order valence-corrected chi connectivity index (χ3v) is 23.3. The first-order valence-corrected chi connectivity index (χ1v) is 44.1.